The molecule has 5 N–H and O–H groups in total. The SMILES string of the molecule is CCC.CCC.CCC(=O)N1C[C@@H](CC)[C@H](O)C1.CCC(=O)N1C[C@@H](CO)[C@@H](O)C1.CCCCCCCC[C@H]1CCC2C3CC=C4CC(OC(=O)NCC(=O)N5CC[C@H](OC)[C@@H]5CC)CC[C@]4(C)C3CC[C@@]21C.CCCCCCCC[C@H]1CCC2C3CC=C4CC(OC(=O)NCC(=O)N5C[C@H](CC)[C@H](OC)C5)CC[C@]4(C)C3CC[C@@]21C.CCl. The Morgan fingerprint density at radius 3 is 1.25 bits per heavy atom. The first-order valence-corrected chi connectivity index (χ1v) is 49.2. The van der Waals surface area contributed by atoms with Crippen LogP contribution in [0.25, 0.3) is 0 Å². The number of hydrogen-bond donors (Lipinski definition) is 5. The van der Waals surface area contributed by atoms with Crippen LogP contribution >= 0.6 is 11.6 Å². The lowest BCUT2D eigenvalue weighted by molar-refractivity contribution is -0.132. The molecular weight excluding hydrogens is 1500 g/mol. The predicted octanol–water partition coefficient (Wildman–Crippen LogP) is 20.3. The van der Waals surface area contributed by atoms with Crippen LogP contribution in [0.1, 0.15) is 348 Å². The summed E-state index contributed by atoms with van der Waals surface area (Å²) in [7, 11) is 3.42. The number of nitrogens with zero attached hydrogens (tertiary/aromatic N) is 4. The zero-order chi connectivity index (χ0) is 86.9. The summed E-state index contributed by atoms with van der Waals surface area (Å²) in [5.41, 5.74) is 4.64. The first-order chi connectivity index (χ1) is 56.7. The van der Waals surface area contributed by atoms with Crippen molar-refractivity contribution in [3.05, 3.63) is 23.3 Å². The zero-order valence-corrected chi connectivity index (χ0v) is 78.8. The molecule has 12 aliphatic rings. The van der Waals surface area contributed by atoms with Crippen molar-refractivity contribution in [3.8, 4) is 0 Å². The summed E-state index contributed by atoms with van der Waals surface area (Å²) in [6.45, 7) is 37.5. The fraction of sp³-hybridized carbons (Fsp3) is 0.898. The number of alkyl carbamates (subject to hydrolysis) is 2. The Morgan fingerprint density at radius 1 is 0.458 bits per heavy atom. The average molecular weight is 1680 g/mol. The van der Waals surface area contributed by atoms with Crippen molar-refractivity contribution in [3.63, 3.8) is 0 Å². The van der Waals surface area contributed by atoms with Gasteiger partial charge in [0.2, 0.25) is 23.6 Å². The van der Waals surface area contributed by atoms with Crippen LogP contribution in [0.3, 0.4) is 0 Å². The van der Waals surface area contributed by atoms with Gasteiger partial charge in [0.25, 0.3) is 0 Å². The minimum Gasteiger partial charge on any atom is -0.446 e. The molecule has 0 radical (unpaired) electrons. The summed E-state index contributed by atoms with van der Waals surface area (Å²) in [5.74, 6) is 7.40. The molecule has 0 aromatic heterocycles. The zero-order valence-electron chi connectivity index (χ0n) is 78.1. The number of likely N-dealkylation sites (tertiary alicyclic amines) is 4. The van der Waals surface area contributed by atoms with E-state index in [1.54, 1.807) is 30.9 Å². The number of nitrogens with one attached hydrogen (secondary N) is 2. The Morgan fingerprint density at radius 2 is 0.864 bits per heavy atom. The minimum absolute atomic E-state index is 0.0112. The van der Waals surface area contributed by atoms with Crippen molar-refractivity contribution in [2.45, 2.75) is 391 Å². The van der Waals surface area contributed by atoms with Crippen molar-refractivity contribution < 1.29 is 63.0 Å². The number of amides is 6. The topological polar surface area (TPSA) is 237 Å². The van der Waals surface area contributed by atoms with E-state index in [9.17, 15) is 39.0 Å². The van der Waals surface area contributed by atoms with E-state index in [0.29, 0.717) is 74.8 Å². The predicted molar refractivity (Wildman–Crippen MR) is 479 cm³/mol. The molecule has 0 bridgehead atoms. The lowest BCUT2D eigenvalue weighted by Gasteiger charge is -2.58. The Bertz CT molecular complexity index is 2990. The van der Waals surface area contributed by atoms with Gasteiger partial charge in [-0.2, -0.15) is 0 Å². The van der Waals surface area contributed by atoms with E-state index >= 15 is 0 Å². The largest absolute Gasteiger partial charge is 0.446 e. The summed E-state index contributed by atoms with van der Waals surface area (Å²) in [4.78, 5) is 80.5. The van der Waals surface area contributed by atoms with Crippen molar-refractivity contribution in [1.29, 1.82) is 0 Å². The molecule has 4 saturated heterocycles. The number of aliphatic hydroxyl groups excluding tert-OH is 3. The van der Waals surface area contributed by atoms with Crippen LogP contribution in [0.2, 0.25) is 0 Å². The van der Waals surface area contributed by atoms with Gasteiger partial charge in [0, 0.05) is 110 Å². The number of rotatable bonds is 28. The van der Waals surface area contributed by atoms with Crippen LogP contribution in [0.5, 0.6) is 0 Å². The van der Waals surface area contributed by atoms with Gasteiger partial charge in [0.1, 0.15) is 25.3 Å². The Hall–Kier alpha value is -4.01. The summed E-state index contributed by atoms with van der Waals surface area (Å²) >= 11 is 4.64. The molecule has 10 fully saturated rings. The van der Waals surface area contributed by atoms with Gasteiger partial charge in [-0.3, -0.25) is 19.2 Å². The lowest BCUT2D eigenvalue weighted by atomic mass is 9.47. The fourth-order valence-corrected chi connectivity index (χ4v) is 24.6. The van der Waals surface area contributed by atoms with Crippen LogP contribution < -0.4 is 10.6 Å². The molecule has 4 aliphatic heterocycles. The minimum atomic E-state index is -0.550. The second-order valence-corrected chi connectivity index (χ2v) is 38.8. The van der Waals surface area contributed by atoms with Gasteiger partial charge >= 0.3 is 12.2 Å². The molecule has 22 atom stereocenters. The molecule has 19 nitrogen and oxygen atoms in total. The van der Waals surface area contributed by atoms with E-state index < -0.39 is 18.3 Å². The Kier molecular flexibility index (Phi) is 44.8. The van der Waals surface area contributed by atoms with Crippen molar-refractivity contribution in [2.75, 3.05) is 86.1 Å². The number of halogens is 1. The van der Waals surface area contributed by atoms with Gasteiger partial charge in [0.15, 0.2) is 0 Å². The maximum atomic E-state index is 12.8. The summed E-state index contributed by atoms with van der Waals surface area (Å²) < 4.78 is 22.9. The Balaban J connectivity index is 0.000000268. The maximum absolute atomic E-state index is 12.8. The number of aliphatic hydroxyl groups is 3. The maximum Gasteiger partial charge on any atom is 0.407 e. The van der Waals surface area contributed by atoms with E-state index in [2.05, 4.69) is 117 Å². The summed E-state index contributed by atoms with van der Waals surface area (Å²) in [6.07, 6.45) is 51.2. The molecule has 0 spiro atoms. The number of β-amino-alcohol motifs (C(OH)–C–C–N with tert-alkyl or cyclic N) is 2. The van der Waals surface area contributed by atoms with Crippen LogP contribution in [-0.2, 0) is 38.1 Å². The number of unbranched alkanes of at least 4 members (excludes halogenated alkanes) is 10. The average Bonchev–Trinajstić information content (AvgIpc) is 1.52. The van der Waals surface area contributed by atoms with E-state index in [1.807, 2.05) is 23.6 Å². The number of carbonyl (C=O) groups is 6. The molecule has 8 unspecified atom stereocenters. The van der Waals surface area contributed by atoms with Crippen LogP contribution in [0, 0.1) is 86.8 Å². The molecule has 12 rings (SSSR count). The third-order valence-corrected chi connectivity index (χ3v) is 31.6. The van der Waals surface area contributed by atoms with Crippen molar-refractivity contribution in [2.24, 2.45) is 86.8 Å². The number of methoxy groups -OCH3 is 2. The number of fused-ring (bicyclic) bond motifs is 10. The van der Waals surface area contributed by atoms with Crippen molar-refractivity contribution >= 4 is 47.4 Å². The molecule has 118 heavy (non-hydrogen) atoms. The third kappa shape index (κ3) is 26.8. The lowest BCUT2D eigenvalue weighted by Crippen LogP contribution is -2.50. The van der Waals surface area contributed by atoms with Crippen LogP contribution in [-0.4, -0.2) is 200 Å². The highest BCUT2D eigenvalue weighted by Crippen LogP contribution is 2.69. The van der Waals surface area contributed by atoms with Crippen LogP contribution in [0.15, 0.2) is 23.3 Å². The molecule has 682 valence electrons. The molecule has 8 aliphatic carbocycles. The smallest absolute Gasteiger partial charge is 0.407 e. The molecule has 6 amide bonds. The van der Waals surface area contributed by atoms with E-state index in [1.165, 1.54) is 184 Å². The molecule has 6 saturated carbocycles. The quantitative estimate of drug-likeness (QED) is 0.0279. The standard InChI is InChI=1S/2C37H62N2O4.C9H17NO2.C8H15NO3.2C3H8.CH3Cl/c1-6-8-9-10-11-12-13-26-15-17-30-29-16-14-27-24-28(18-21-37(27,4)31(29)19-22-36(26,30)3)43-35(41)38-25-34(40)39-23-20-33(42-5)32(39)7-2;1-6-8-9-10-11-12-13-27-15-17-31-30-16-14-28-22-29(18-20-37(28,4)32(30)19-21-36(27,31)3)43-35(41)38-23-34(40)39-24-26(7-2)33(25-39)42-5;1-3-7-5-10(6-8(7)11)9(12)4-2;1-2-8(12)9-3-6(5-10)7(11)4-9;2*1-3-2;1-2/h14,26,28-33H,6-13,15-25H2,1-5H3,(H,38,41);14,26-27,29-33H,6-13,15-25H2,1-5H3,(H,38,41);7-8,11H,3-6H2,1-2H3;6-7,10-11H,2-5H2,1H3;2*3H2,1-2H3;1H3/t26-,28?,29?,30?,31?,32-,33-,36+,37-;26-,27-,29?,30?,31?,32?,33+,36+,37-;7-,8-;6-,7-;;;/m0010.../s1. The van der Waals surface area contributed by atoms with Gasteiger partial charge in [-0.1, -0.05) is 217 Å². The number of carbonyl (C=O) groups excluding carboxylic acids is 6. The van der Waals surface area contributed by atoms with Gasteiger partial charge in [-0.15, -0.1) is 11.6 Å². The highest BCUT2D eigenvalue weighted by atomic mass is 35.5. The third-order valence-electron chi connectivity index (χ3n) is 31.6. The monoisotopic (exact) mass is 1680 g/mol. The number of hydrogen-bond acceptors (Lipinski definition) is 13. The Labute approximate surface area is 723 Å². The first-order valence-electron chi connectivity index (χ1n) is 48.5. The molecule has 0 aromatic carbocycles. The van der Waals surface area contributed by atoms with Gasteiger partial charge < -0.3 is 64.5 Å². The van der Waals surface area contributed by atoms with Gasteiger partial charge in [-0.05, 0) is 197 Å². The highest BCUT2D eigenvalue weighted by molar-refractivity contribution is 6.15. The normalized spacial score (nSPS) is 34.5. The molecule has 4 heterocycles. The van der Waals surface area contributed by atoms with E-state index in [4.69, 9.17) is 24.1 Å². The van der Waals surface area contributed by atoms with Gasteiger partial charge in [-0.25, -0.2) is 9.59 Å². The number of ether oxygens (including phenoxy) is 4. The summed E-state index contributed by atoms with van der Waals surface area (Å²) in [5, 5.41) is 33.2. The first kappa shape index (κ1) is 103. The van der Waals surface area contributed by atoms with E-state index in [0.717, 1.165) is 118 Å². The highest BCUT2D eigenvalue weighted by Gasteiger charge is 2.61. The van der Waals surface area contributed by atoms with Crippen LogP contribution in [0.4, 0.5) is 9.59 Å². The second kappa shape index (κ2) is 51.4. The molecular formula is C98H175ClN6O13. The van der Waals surface area contributed by atoms with Crippen molar-refractivity contribution in [1.82, 2.24) is 30.2 Å². The molecule has 20 heteroatoms. The number of allylic oxidation sites excluding steroid dienone is 2. The number of alkyl halides is 1. The fourth-order valence-electron chi connectivity index (χ4n) is 24.6. The van der Waals surface area contributed by atoms with E-state index in [-0.39, 0.29) is 96.6 Å². The summed E-state index contributed by atoms with van der Waals surface area (Å²) in [6, 6.07) is 0.0847. The second-order valence-electron chi connectivity index (χ2n) is 38.8. The van der Waals surface area contributed by atoms with Gasteiger partial charge in [0.05, 0.1) is 37.1 Å². The molecule has 0 aromatic rings.